The van der Waals surface area contributed by atoms with E-state index in [2.05, 4.69) is 39.9 Å². The molecule has 210 valence electrons. The zero-order valence-electron chi connectivity index (χ0n) is 23.5. The molecule has 0 atom stereocenters. The molecule has 9 nitrogen and oxygen atoms in total. The lowest BCUT2D eigenvalue weighted by Crippen LogP contribution is -2.33. The molecule has 1 N–H and O–H groups in total. The Labute approximate surface area is 239 Å². The SMILES string of the molecule is CC(C)(C)OC(=O)N1Cc2cccc(Cn3cc(CNC(=O)OCC4c5ccccc5-c5ccccc54)nn3)c2C1. The van der Waals surface area contributed by atoms with E-state index in [0.29, 0.717) is 25.3 Å². The van der Waals surface area contributed by atoms with Crippen molar-refractivity contribution in [3.63, 3.8) is 0 Å². The van der Waals surface area contributed by atoms with Crippen molar-refractivity contribution in [1.29, 1.82) is 0 Å². The van der Waals surface area contributed by atoms with Crippen LogP contribution in [0, 0.1) is 0 Å². The van der Waals surface area contributed by atoms with E-state index in [9.17, 15) is 9.59 Å². The number of benzene rings is 3. The van der Waals surface area contributed by atoms with Crippen LogP contribution in [0.1, 0.15) is 60.2 Å². The van der Waals surface area contributed by atoms with E-state index in [1.807, 2.05) is 69.4 Å². The predicted octanol–water partition coefficient (Wildman–Crippen LogP) is 5.62. The Balaban J connectivity index is 1.03. The predicted molar refractivity (Wildman–Crippen MR) is 153 cm³/mol. The number of nitrogens with one attached hydrogen (secondary N) is 1. The third kappa shape index (κ3) is 5.66. The molecule has 0 spiro atoms. The quantitative estimate of drug-likeness (QED) is 0.334. The van der Waals surface area contributed by atoms with E-state index in [1.165, 1.54) is 22.3 Å². The summed E-state index contributed by atoms with van der Waals surface area (Å²) in [6.07, 6.45) is 0.996. The van der Waals surface area contributed by atoms with Crippen molar-refractivity contribution < 1.29 is 19.1 Å². The lowest BCUT2D eigenvalue weighted by molar-refractivity contribution is 0.0241. The maximum atomic E-state index is 12.6. The molecule has 0 radical (unpaired) electrons. The lowest BCUT2D eigenvalue weighted by Gasteiger charge is -2.24. The lowest BCUT2D eigenvalue weighted by atomic mass is 9.98. The number of alkyl carbamates (subject to hydrolysis) is 1. The standard InChI is InChI=1S/C32H33N5O4/c1-32(2,3)41-31(39)36-16-21-9-8-10-22(28(21)19-36)17-37-18-23(34-35-37)15-33-30(38)40-20-29-26-13-6-4-11-24(26)25-12-5-7-14-27(25)29/h4-14,18,29H,15-17,19-20H2,1-3H3,(H,33,38). The number of aromatic nitrogens is 3. The van der Waals surface area contributed by atoms with Gasteiger partial charge in [0.1, 0.15) is 17.9 Å². The van der Waals surface area contributed by atoms with Gasteiger partial charge in [0.05, 0.1) is 25.8 Å². The maximum absolute atomic E-state index is 12.6. The van der Waals surface area contributed by atoms with Gasteiger partial charge in [-0.05, 0) is 59.7 Å². The second-order valence-corrected chi connectivity index (χ2v) is 11.5. The molecule has 3 aromatic carbocycles. The molecule has 2 amide bonds. The topological polar surface area (TPSA) is 98.6 Å². The fourth-order valence-electron chi connectivity index (χ4n) is 5.58. The number of fused-ring (bicyclic) bond motifs is 4. The number of hydrogen-bond acceptors (Lipinski definition) is 6. The highest BCUT2D eigenvalue weighted by Crippen LogP contribution is 2.44. The zero-order valence-corrected chi connectivity index (χ0v) is 23.5. The summed E-state index contributed by atoms with van der Waals surface area (Å²) in [6, 6.07) is 22.6. The van der Waals surface area contributed by atoms with Crippen LogP contribution >= 0.6 is 0 Å². The van der Waals surface area contributed by atoms with Crippen LogP contribution in [0.3, 0.4) is 0 Å². The van der Waals surface area contributed by atoms with Crippen LogP contribution in [0.2, 0.25) is 0 Å². The monoisotopic (exact) mass is 551 g/mol. The van der Waals surface area contributed by atoms with Crippen molar-refractivity contribution in [2.45, 2.75) is 58.5 Å². The summed E-state index contributed by atoms with van der Waals surface area (Å²) >= 11 is 0. The Morgan fingerprint density at radius 2 is 1.66 bits per heavy atom. The Bertz CT molecular complexity index is 1560. The number of nitrogens with zero attached hydrogens (tertiary/aromatic N) is 4. The van der Waals surface area contributed by atoms with E-state index in [1.54, 1.807) is 9.58 Å². The minimum absolute atomic E-state index is 0.00729. The van der Waals surface area contributed by atoms with Gasteiger partial charge >= 0.3 is 12.2 Å². The maximum Gasteiger partial charge on any atom is 0.410 e. The normalized spacial score (nSPS) is 13.9. The van der Waals surface area contributed by atoms with Crippen molar-refractivity contribution in [1.82, 2.24) is 25.2 Å². The van der Waals surface area contributed by atoms with Gasteiger partial charge in [0, 0.05) is 12.5 Å². The molecular formula is C32H33N5O4. The molecule has 4 aromatic rings. The molecule has 0 unspecified atom stereocenters. The number of hydrogen-bond donors (Lipinski definition) is 1. The van der Waals surface area contributed by atoms with Crippen LogP contribution in [0.15, 0.2) is 72.9 Å². The van der Waals surface area contributed by atoms with Crippen molar-refractivity contribution in [3.05, 3.63) is 106 Å². The first-order chi connectivity index (χ1) is 19.7. The van der Waals surface area contributed by atoms with Crippen molar-refractivity contribution in [3.8, 4) is 11.1 Å². The van der Waals surface area contributed by atoms with Gasteiger partial charge in [0.15, 0.2) is 0 Å². The van der Waals surface area contributed by atoms with E-state index < -0.39 is 11.7 Å². The molecule has 6 rings (SSSR count). The molecule has 2 heterocycles. The van der Waals surface area contributed by atoms with Gasteiger partial charge < -0.3 is 14.8 Å². The van der Waals surface area contributed by atoms with E-state index in [4.69, 9.17) is 9.47 Å². The molecule has 1 aliphatic carbocycles. The Hall–Kier alpha value is -4.66. The Morgan fingerprint density at radius 3 is 2.37 bits per heavy atom. The highest BCUT2D eigenvalue weighted by atomic mass is 16.6. The number of ether oxygens (including phenoxy) is 2. The summed E-state index contributed by atoms with van der Waals surface area (Å²) in [4.78, 5) is 26.9. The van der Waals surface area contributed by atoms with E-state index >= 15 is 0 Å². The number of carbonyl (C=O) groups excluding carboxylic acids is 2. The number of amides is 2. The van der Waals surface area contributed by atoms with Gasteiger partial charge in [-0.1, -0.05) is 71.9 Å². The average Bonchev–Trinajstić information content (AvgIpc) is 3.66. The molecule has 0 saturated heterocycles. The van der Waals surface area contributed by atoms with Crippen LogP contribution in [0.4, 0.5) is 9.59 Å². The average molecular weight is 552 g/mol. The Morgan fingerprint density at radius 1 is 0.951 bits per heavy atom. The van der Waals surface area contributed by atoms with Gasteiger partial charge in [-0.15, -0.1) is 5.10 Å². The first kappa shape index (κ1) is 26.6. The Kier molecular flexibility index (Phi) is 6.95. The first-order valence-corrected chi connectivity index (χ1v) is 13.8. The fraction of sp³-hybridized carbons (Fsp3) is 0.312. The molecule has 0 bridgehead atoms. The number of rotatable bonds is 6. The summed E-state index contributed by atoms with van der Waals surface area (Å²) in [5, 5.41) is 11.3. The molecular weight excluding hydrogens is 518 g/mol. The van der Waals surface area contributed by atoms with E-state index in [0.717, 1.165) is 16.7 Å². The largest absolute Gasteiger partial charge is 0.449 e. The van der Waals surface area contributed by atoms with Crippen molar-refractivity contribution in [2.24, 2.45) is 0 Å². The minimum atomic E-state index is -0.542. The van der Waals surface area contributed by atoms with E-state index in [-0.39, 0.29) is 25.2 Å². The van der Waals surface area contributed by atoms with Gasteiger partial charge in [-0.3, -0.25) is 4.90 Å². The summed E-state index contributed by atoms with van der Waals surface area (Å²) in [5.74, 6) is 0.00729. The van der Waals surface area contributed by atoms with Crippen LogP contribution in [0.5, 0.6) is 0 Å². The first-order valence-electron chi connectivity index (χ1n) is 13.8. The van der Waals surface area contributed by atoms with Crippen LogP contribution in [0.25, 0.3) is 11.1 Å². The molecule has 2 aliphatic rings. The van der Waals surface area contributed by atoms with Gasteiger partial charge in [-0.25, -0.2) is 14.3 Å². The molecule has 9 heteroatoms. The molecule has 1 aliphatic heterocycles. The third-order valence-electron chi connectivity index (χ3n) is 7.41. The van der Waals surface area contributed by atoms with Crippen LogP contribution in [-0.4, -0.2) is 44.3 Å². The third-order valence-corrected chi connectivity index (χ3v) is 7.41. The molecule has 41 heavy (non-hydrogen) atoms. The van der Waals surface area contributed by atoms with Crippen LogP contribution in [-0.2, 0) is 35.7 Å². The van der Waals surface area contributed by atoms with Gasteiger partial charge in [-0.2, -0.15) is 0 Å². The smallest absolute Gasteiger partial charge is 0.410 e. The second-order valence-electron chi connectivity index (χ2n) is 11.5. The molecule has 1 aromatic heterocycles. The molecule has 0 fully saturated rings. The van der Waals surface area contributed by atoms with Crippen molar-refractivity contribution >= 4 is 12.2 Å². The molecule has 0 saturated carbocycles. The van der Waals surface area contributed by atoms with Crippen molar-refractivity contribution in [2.75, 3.05) is 6.61 Å². The zero-order chi connectivity index (χ0) is 28.6. The summed E-state index contributed by atoms with van der Waals surface area (Å²) in [5.41, 5.74) is 8.08. The second kappa shape index (κ2) is 10.7. The van der Waals surface area contributed by atoms with Gasteiger partial charge in [0.25, 0.3) is 0 Å². The fourth-order valence-corrected chi connectivity index (χ4v) is 5.58. The minimum Gasteiger partial charge on any atom is -0.449 e. The van der Waals surface area contributed by atoms with Crippen LogP contribution < -0.4 is 5.32 Å². The summed E-state index contributed by atoms with van der Waals surface area (Å²) in [6.45, 7) is 7.57. The number of carbonyl (C=O) groups is 2. The highest BCUT2D eigenvalue weighted by Gasteiger charge is 2.30. The van der Waals surface area contributed by atoms with Gasteiger partial charge in [0.2, 0.25) is 0 Å². The highest BCUT2D eigenvalue weighted by molar-refractivity contribution is 5.79. The summed E-state index contributed by atoms with van der Waals surface area (Å²) < 4.78 is 12.9. The summed E-state index contributed by atoms with van der Waals surface area (Å²) in [7, 11) is 0.